The number of nitrogens with zero attached hydrogens (tertiary/aromatic N) is 1. The first kappa shape index (κ1) is 12.6. The highest BCUT2D eigenvalue weighted by molar-refractivity contribution is 7.99. The number of hydrogen-bond donors (Lipinski definition) is 1. The molecule has 0 saturated heterocycles. The van der Waals surface area contributed by atoms with Crippen LogP contribution in [-0.2, 0) is 0 Å². The third-order valence-electron chi connectivity index (χ3n) is 2.42. The lowest BCUT2D eigenvalue weighted by atomic mass is 10.2. The minimum absolute atomic E-state index is 0.275. The second kappa shape index (κ2) is 5.23. The van der Waals surface area contributed by atoms with Crippen molar-refractivity contribution in [3.8, 4) is 0 Å². The number of carboxylic acid groups (broad SMARTS) is 1. The van der Waals surface area contributed by atoms with Crippen molar-refractivity contribution in [1.29, 1.82) is 0 Å². The molecule has 2 rings (SSSR count). The van der Waals surface area contributed by atoms with Gasteiger partial charge in [-0.2, -0.15) is 0 Å². The highest BCUT2D eigenvalue weighted by atomic mass is 32.2. The second-order valence-corrected chi connectivity index (χ2v) is 5.15. The molecule has 0 aliphatic rings. The molecule has 1 aromatic carbocycles. The molecule has 1 aromatic heterocycles. The number of pyridine rings is 1. The topological polar surface area (TPSA) is 50.2 Å². The Hall–Kier alpha value is -1.81. The molecule has 0 aliphatic carbocycles. The van der Waals surface area contributed by atoms with E-state index in [1.165, 1.54) is 17.3 Å². The predicted molar refractivity (Wildman–Crippen MR) is 71.2 cm³/mol. The zero-order valence-electron chi connectivity index (χ0n) is 10.2. The maximum atomic E-state index is 11.0. The molecular formula is C14H13NO2S. The van der Waals surface area contributed by atoms with Gasteiger partial charge in [0.05, 0.1) is 5.56 Å². The molecule has 18 heavy (non-hydrogen) atoms. The van der Waals surface area contributed by atoms with Gasteiger partial charge in [0, 0.05) is 10.6 Å². The van der Waals surface area contributed by atoms with Crippen LogP contribution in [0.1, 0.15) is 21.6 Å². The van der Waals surface area contributed by atoms with Crippen molar-refractivity contribution >= 4 is 17.7 Å². The Morgan fingerprint density at radius 2 is 1.83 bits per heavy atom. The maximum absolute atomic E-state index is 11.0. The molecule has 0 unspecified atom stereocenters. The van der Waals surface area contributed by atoms with Gasteiger partial charge in [0.25, 0.3) is 0 Å². The van der Waals surface area contributed by atoms with E-state index in [0.29, 0.717) is 10.7 Å². The summed E-state index contributed by atoms with van der Waals surface area (Å²) in [5.74, 6) is -0.925. The van der Waals surface area contributed by atoms with Crippen LogP contribution in [0.2, 0.25) is 0 Å². The zero-order chi connectivity index (χ0) is 13.1. The normalized spacial score (nSPS) is 10.3. The van der Waals surface area contributed by atoms with E-state index in [9.17, 15) is 4.79 Å². The van der Waals surface area contributed by atoms with Gasteiger partial charge in [-0.1, -0.05) is 29.5 Å². The Balaban J connectivity index is 2.28. The van der Waals surface area contributed by atoms with Crippen LogP contribution < -0.4 is 0 Å². The van der Waals surface area contributed by atoms with E-state index in [1.54, 1.807) is 19.1 Å². The summed E-state index contributed by atoms with van der Waals surface area (Å²) in [5, 5.41) is 9.70. The number of hydrogen-bond acceptors (Lipinski definition) is 3. The highest BCUT2D eigenvalue weighted by Gasteiger charge is 2.07. The Bertz CT molecular complexity index is 579. The summed E-state index contributed by atoms with van der Waals surface area (Å²) in [7, 11) is 0. The third-order valence-corrected chi connectivity index (χ3v) is 3.35. The summed E-state index contributed by atoms with van der Waals surface area (Å²) in [6, 6.07) is 11.2. The predicted octanol–water partition coefficient (Wildman–Crippen LogP) is 3.55. The molecule has 3 nitrogen and oxygen atoms in total. The van der Waals surface area contributed by atoms with Crippen LogP contribution in [-0.4, -0.2) is 16.1 Å². The van der Waals surface area contributed by atoms with Crippen LogP contribution >= 0.6 is 11.8 Å². The number of aromatic carboxylic acids is 1. The molecule has 0 fully saturated rings. The van der Waals surface area contributed by atoms with Crippen LogP contribution in [0.15, 0.2) is 46.3 Å². The molecule has 0 spiro atoms. The molecule has 0 saturated carbocycles. The largest absolute Gasteiger partial charge is 0.478 e. The van der Waals surface area contributed by atoms with Crippen molar-refractivity contribution in [2.75, 3.05) is 0 Å². The van der Waals surface area contributed by atoms with Crippen LogP contribution in [0.4, 0.5) is 0 Å². The summed E-state index contributed by atoms with van der Waals surface area (Å²) in [4.78, 5) is 16.3. The van der Waals surface area contributed by atoms with Gasteiger partial charge in [-0.05, 0) is 38.1 Å². The number of aryl methyl sites for hydroxylation is 2. The van der Waals surface area contributed by atoms with E-state index in [-0.39, 0.29) is 5.56 Å². The smallest absolute Gasteiger partial charge is 0.335 e. The van der Waals surface area contributed by atoms with Crippen LogP contribution in [0, 0.1) is 13.8 Å². The highest BCUT2D eigenvalue weighted by Crippen LogP contribution is 2.27. The molecule has 0 amide bonds. The average molecular weight is 259 g/mol. The van der Waals surface area contributed by atoms with E-state index in [4.69, 9.17) is 5.11 Å². The van der Waals surface area contributed by atoms with Crippen molar-refractivity contribution in [1.82, 2.24) is 4.98 Å². The summed E-state index contributed by atoms with van der Waals surface area (Å²) in [6.07, 6.45) is 0. The number of carbonyl (C=O) groups is 1. The first-order chi connectivity index (χ1) is 8.54. The maximum Gasteiger partial charge on any atom is 0.335 e. The second-order valence-electron chi connectivity index (χ2n) is 4.06. The summed E-state index contributed by atoms with van der Waals surface area (Å²) in [5.41, 5.74) is 2.18. The quantitative estimate of drug-likeness (QED) is 0.915. The van der Waals surface area contributed by atoms with Crippen LogP contribution in [0.3, 0.4) is 0 Å². The van der Waals surface area contributed by atoms with Gasteiger partial charge < -0.3 is 5.11 Å². The van der Waals surface area contributed by atoms with E-state index < -0.39 is 5.97 Å². The molecule has 0 bridgehead atoms. The number of aromatic nitrogens is 1. The fourth-order valence-corrected chi connectivity index (χ4v) is 2.43. The Morgan fingerprint density at radius 3 is 2.44 bits per heavy atom. The lowest BCUT2D eigenvalue weighted by Gasteiger charge is -2.04. The van der Waals surface area contributed by atoms with Crippen LogP contribution in [0.25, 0.3) is 0 Å². The number of rotatable bonds is 3. The van der Waals surface area contributed by atoms with E-state index in [0.717, 1.165) is 4.90 Å². The summed E-state index contributed by atoms with van der Waals surface area (Å²) in [6.45, 7) is 3.83. The molecule has 1 N–H and O–H groups in total. The number of carboxylic acids is 1. The lowest BCUT2D eigenvalue weighted by Crippen LogP contribution is -1.98. The molecule has 1 heterocycles. The van der Waals surface area contributed by atoms with Crippen molar-refractivity contribution < 1.29 is 9.90 Å². The fraction of sp³-hybridized carbons (Fsp3) is 0.143. The van der Waals surface area contributed by atoms with Gasteiger partial charge in [0.1, 0.15) is 5.03 Å². The van der Waals surface area contributed by atoms with Crippen molar-refractivity contribution in [2.24, 2.45) is 0 Å². The lowest BCUT2D eigenvalue weighted by molar-refractivity contribution is 0.0696. The Morgan fingerprint density at radius 1 is 1.17 bits per heavy atom. The first-order valence-corrected chi connectivity index (χ1v) is 6.33. The van der Waals surface area contributed by atoms with Gasteiger partial charge in [-0.3, -0.25) is 0 Å². The average Bonchev–Trinajstić information content (AvgIpc) is 2.31. The third kappa shape index (κ3) is 3.11. The monoisotopic (exact) mass is 259 g/mol. The van der Waals surface area contributed by atoms with Crippen molar-refractivity contribution in [3.63, 3.8) is 0 Å². The van der Waals surface area contributed by atoms with Gasteiger partial charge in [0.2, 0.25) is 0 Å². The molecule has 0 radical (unpaired) electrons. The SMILES string of the molecule is Cc1ccc(Sc2cc(C(=O)O)cc(C)n2)cc1. The fourth-order valence-electron chi connectivity index (χ4n) is 1.54. The van der Waals surface area contributed by atoms with E-state index >= 15 is 0 Å². The van der Waals surface area contributed by atoms with Gasteiger partial charge in [-0.25, -0.2) is 9.78 Å². The van der Waals surface area contributed by atoms with E-state index in [2.05, 4.69) is 4.98 Å². The Labute approximate surface area is 110 Å². The standard InChI is InChI=1S/C14H13NO2S/c1-9-3-5-12(6-4-9)18-13-8-11(14(16)17)7-10(2)15-13/h3-8H,1-2H3,(H,16,17). The van der Waals surface area contributed by atoms with Gasteiger partial charge in [0.15, 0.2) is 0 Å². The molecule has 0 aliphatic heterocycles. The van der Waals surface area contributed by atoms with Gasteiger partial charge in [-0.15, -0.1) is 0 Å². The molecule has 4 heteroatoms. The first-order valence-electron chi connectivity index (χ1n) is 5.51. The minimum atomic E-state index is -0.925. The van der Waals surface area contributed by atoms with E-state index in [1.807, 2.05) is 31.2 Å². The summed E-state index contributed by atoms with van der Waals surface area (Å²) < 4.78 is 0. The zero-order valence-corrected chi connectivity index (χ0v) is 11.0. The van der Waals surface area contributed by atoms with Crippen molar-refractivity contribution in [3.05, 3.63) is 53.2 Å². The van der Waals surface area contributed by atoms with Crippen molar-refractivity contribution in [2.45, 2.75) is 23.8 Å². The summed E-state index contributed by atoms with van der Waals surface area (Å²) >= 11 is 1.47. The molecule has 92 valence electrons. The Kier molecular flexibility index (Phi) is 3.67. The molecular weight excluding hydrogens is 246 g/mol. The van der Waals surface area contributed by atoms with Crippen LogP contribution in [0.5, 0.6) is 0 Å². The molecule has 2 aromatic rings. The minimum Gasteiger partial charge on any atom is -0.478 e. The molecule has 0 atom stereocenters. The number of benzene rings is 1. The van der Waals surface area contributed by atoms with Gasteiger partial charge >= 0.3 is 5.97 Å².